The van der Waals surface area contributed by atoms with Crippen molar-refractivity contribution in [3.8, 4) is 6.07 Å². The number of nitrogens with zero attached hydrogens (tertiary/aromatic N) is 2. The van der Waals surface area contributed by atoms with E-state index in [1.807, 2.05) is 43.3 Å². The topological polar surface area (TPSA) is 47.3 Å². The van der Waals surface area contributed by atoms with Crippen LogP contribution in [-0.4, -0.2) is 25.3 Å². The van der Waals surface area contributed by atoms with E-state index in [-0.39, 0.29) is 0 Å². The first kappa shape index (κ1) is 14.5. The normalized spacial score (nSPS) is 13.7. The first-order valence-corrected chi connectivity index (χ1v) is 6.45. The third-order valence-corrected chi connectivity index (χ3v) is 3.15. The lowest BCUT2D eigenvalue weighted by molar-refractivity contribution is 0.148. The number of nitriles is 1. The van der Waals surface area contributed by atoms with E-state index < -0.39 is 12.0 Å². The average Bonchev–Trinajstić information content (AvgIpc) is 2.37. The highest BCUT2D eigenvalue weighted by molar-refractivity contribution is 5.47. The van der Waals surface area contributed by atoms with Gasteiger partial charge in [0.25, 0.3) is 0 Å². The molecule has 2 unspecified atom stereocenters. The Bertz CT molecular complexity index is 392. The van der Waals surface area contributed by atoms with Gasteiger partial charge in [-0.2, -0.15) is 5.26 Å². The van der Waals surface area contributed by atoms with Crippen LogP contribution in [0, 0.1) is 11.3 Å². The minimum absolute atomic E-state index is 0.423. The van der Waals surface area contributed by atoms with Gasteiger partial charge in [0.2, 0.25) is 0 Å². The summed E-state index contributed by atoms with van der Waals surface area (Å²) >= 11 is 0. The van der Waals surface area contributed by atoms with Gasteiger partial charge in [0, 0.05) is 19.8 Å². The summed E-state index contributed by atoms with van der Waals surface area (Å²) in [5.74, 6) is -0.423. The number of hydrogen-bond donors (Lipinski definition) is 1. The Morgan fingerprint density at radius 3 is 2.33 bits per heavy atom. The predicted octanol–water partition coefficient (Wildman–Crippen LogP) is 2.91. The molecule has 0 aliphatic heterocycles. The molecule has 3 heteroatoms. The molecule has 0 amide bonds. The van der Waals surface area contributed by atoms with Crippen LogP contribution in [-0.2, 0) is 0 Å². The Hall–Kier alpha value is -1.53. The van der Waals surface area contributed by atoms with Crippen LogP contribution < -0.4 is 4.90 Å². The lowest BCUT2D eigenvalue weighted by Crippen LogP contribution is -2.17. The van der Waals surface area contributed by atoms with Gasteiger partial charge >= 0.3 is 0 Å². The number of aliphatic hydroxyl groups is 1. The molecule has 2 atom stereocenters. The van der Waals surface area contributed by atoms with Crippen LogP contribution in [0.3, 0.4) is 0 Å². The maximum Gasteiger partial charge on any atom is 0.0971 e. The van der Waals surface area contributed by atoms with E-state index >= 15 is 0 Å². The zero-order valence-electron chi connectivity index (χ0n) is 11.4. The van der Waals surface area contributed by atoms with Gasteiger partial charge in [0.15, 0.2) is 0 Å². The highest BCUT2D eigenvalue weighted by Crippen LogP contribution is 2.24. The van der Waals surface area contributed by atoms with E-state index in [9.17, 15) is 10.4 Å². The molecule has 0 heterocycles. The number of benzene rings is 1. The Kier molecular flexibility index (Phi) is 5.67. The van der Waals surface area contributed by atoms with Crippen molar-refractivity contribution in [1.29, 1.82) is 5.26 Å². The average molecular weight is 246 g/mol. The molecular formula is C15H22N2O. The summed E-state index contributed by atoms with van der Waals surface area (Å²) in [6, 6.07) is 10.0. The summed E-state index contributed by atoms with van der Waals surface area (Å²) in [5.41, 5.74) is 1.99. The molecular weight excluding hydrogens is 224 g/mol. The van der Waals surface area contributed by atoms with Gasteiger partial charge in [0.1, 0.15) is 0 Å². The van der Waals surface area contributed by atoms with Crippen molar-refractivity contribution in [3.63, 3.8) is 0 Å². The fraction of sp³-hybridized carbons (Fsp3) is 0.533. The van der Waals surface area contributed by atoms with Crippen molar-refractivity contribution >= 4 is 5.69 Å². The fourth-order valence-corrected chi connectivity index (χ4v) is 1.94. The molecule has 1 rings (SSSR count). The monoisotopic (exact) mass is 246 g/mol. The molecule has 0 radical (unpaired) electrons. The van der Waals surface area contributed by atoms with Gasteiger partial charge in [-0.25, -0.2) is 0 Å². The zero-order chi connectivity index (χ0) is 13.5. The molecule has 1 aromatic carbocycles. The fourth-order valence-electron chi connectivity index (χ4n) is 1.94. The second-order valence-corrected chi connectivity index (χ2v) is 4.80. The predicted molar refractivity (Wildman–Crippen MR) is 74.7 cm³/mol. The molecule has 0 saturated carbocycles. The number of rotatable bonds is 6. The second-order valence-electron chi connectivity index (χ2n) is 4.80. The summed E-state index contributed by atoms with van der Waals surface area (Å²) in [5, 5.41) is 19.2. The van der Waals surface area contributed by atoms with E-state index in [4.69, 9.17) is 0 Å². The molecule has 0 fully saturated rings. The summed E-state index contributed by atoms with van der Waals surface area (Å²) in [4.78, 5) is 2.01. The summed E-state index contributed by atoms with van der Waals surface area (Å²) in [6.45, 7) is 2.08. The molecule has 0 aliphatic carbocycles. The van der Waals surface area contributed by atoms with Crippen LogP contribution in [0.4, 0.5) is 5.69 Å². The third kappa shape index (κ3) is 3.75. The molecule has 18 heavy (non-hydrogen) atoms. The number of hydrogen-bond acceptors (Lipinski definition) is 3. The maximum atomic E-state index is 10.0. The van der Waals surface area contributed by atoms with Crippen molar-refractivity contribution in [2.45, 2.75) is 38.2 Å². The lowest BCUT2D eigenvalue weighted by atomic mass is 9.91. The maximum absolute atomic E-state index is 10.0. The second kappa shape index (κ2) is 7.03. The minimum atomic E-state index is -0.569. The van der Waals surface area contributed by atoms with Gasteiger partial charge in [-0.3, -0.25) is 0 Å². The molecule has 0 aromatic heterocycles. The Morgan fingerprint density at radius 1 is 1.28 bits per heavy atom. The Morgan fingerprint density at radius 2 is 1.89 bits per heavy atom. The highest BCUT2D eigenvalue weighted by Gasteiger charge is 2.20. The van der Waals surface area contributed by atoms with Gasteiger partial charge < -0.3 is 10.0 Å². The van der Waals surface area contributed by atoms with Crippen molar-refractivity contribution < 1.29 is 5.11 Å². The SMILES string of the molecule is CCCCC(O)C(C#N)c1ccc(N(C)C)cc1. The molecule has 0 spiro atoms. The van der Waals surface area contributed by atoms with E-state index in [0.717, 1.165) is 24.1 Å². The van der Waals surface area contributed by atoms with Crippen LogP contribution in [0.15, 0.2) is 24.3 Å². The van der Waals surface area contributed by atoms with Crippen LogP contribution in [0.2, 0.25) is 0 Å². The lowest BCUT2D eigenvalue weighted by Gasteiger charge is -2.18. The van der Waals surface area contributed by atoms with E-state index in [1.165, 1.54) is 0 Å². The third-order valence-electron chi connectivity index (χ3n) is 3.15. The first-order chi connectivity index (χ1) is 8.60. The quantitative estimate of drug-likeness (QED) is 0.839. The number of anilines is 1. The molecule has 98 valence electrons. The van der Waals surface area contributed by atoms with Crippen LogP contribution >= 0.6 is 0 Å². The minimum Gasteiger partial charge on any atom is -0.391 e. The molecule has 1 aromatic rings. The Labute approximate surface area is 110 Å². The smallest absolute Gasteiger partial charge is 0.0971 e. The molecule has 0 saturated heterocycles. The van der Waals surface area contributed by atoms with Gasteiger partial charge in [-0.1, -0.05) is 31.9 Å². The van der Waals surface area contributed by atoms with Crippen LogP contribution in [0.5, 0.6) is 0 Å². The molecule has 3 nitrogen and oxygen atoms in total. The van der Waals surface area contributed by atoms with E-state index in [0.29, 0.717) is 6.42 Å². The van der Waals surface area contributed by atoms with E-state index in [1.54, 1.807) is 0 Å². The first-order valence-electron chi connectivity index (χ1n) is 6.45. The largest absolute Gasteiger partial charge is 0.391 e. The van der Waals surface area contributed by atoms with Crippen LogP contribution in [0.25, 0.3) is 0 Å². The zero-order valence-corrected chi connectivity index (χ0v) is 11.4. The Balaban J connectivity index is 2.79. The van der Waals surface area contributed by atoms with Gasteiger partial charge in [-0.15, -0.1) is 0 Å². The van der Waals surface area contributed by atoms with Crippen LogP contribution in [0.1, 0.15) is 37.7 Å². The van der Waals surface area contributed by atoms with Crippen molar-refractivity contribution in [2.24, 2.45) is 0 Å². The standard InChI is InChI=1S/C15H22N2O/c1-4-5-6-15(18)14(11-16)12-7-9-13(10-8-12)17(2)3/h7-10,14-15,18H,4-6H2,1-3H3. The summed E-state index contributed by atoms with van der Waals surface area (Å²) < 4.78 is 0. The van der Waals surface area contributed by atoms with E-state index in [2.05, 4.69) is 13.0 Å². The van der Waals surface area contributed by atoms with Crippen molar-refractivity contribution in [2.75, 3.05) is 19.0 Å². The molecule has 1 N–H and O–H groups in total. The van der Waals surface area contributed by atoms with Crippen molar-refractivity contribution in [1.82, 2.24) is 0 Å². The number of aliphatic hydroxyl groups excluding tert-OH is 1. The molecule has 0 aliphatic rings. The summed E-state index contributed by atoms with van der Waals surface area (Å²) in [6.07, 6.45) is 2.11. The summed E-state index contributed by atoms with van der Waals surface area (Å²) in [7, 11) is 3.96. The highest BCUT2D eigenvalue weighted by atomic mass is 16.3. The number of unbranched alkanes of at least 4 members (excludes halogenated alkanes) is 1. The van der Waals surface area contributed by atoms with Crippen molar-refractivity contribution in [3.05, 3.63) is 29.8 Å². The molecule has 0 bridgehead atoms. The van der Waals surface area contributed by atoms with Gasteiger partial charge in [-0.05, 0) is 24.1 Å². The van der Waals surface area contributed by atoms with Gasteiger partial charge in [0.05, 0.1) is 18.1 Å².